The maximum Gasteiger partial charge on any atom is -0.00185 e. The van der Waals surface area contributed by atoms with Crippen LogP contribution in [0.4, 0.5) is 0 Å². The molecule has 1 fully saturated rings. The van der Waals surface area contributed by atoms with E-state index >= 15 is 0 Å². The Hall–Kier alpha value is 0.940. The molecule has 0 amide bonds. The Morgan fingerprint density at radius 1 is 1.31 bits per heavy atom. The highest BCUT2D eigenvalue weighted by molar-refractivity contribution is 7.26. The van der Waals surface area contributed by atoms with Crippen molar-refractivity contribution in [2.45, 2.75) is 45.2 Å². The maximum atomic E-state index is 5.95. The Balaban J connectivity index is 2.31. The lowest BCUT2D eigenvalue weighted by atomic mass is 9.72. The lowest BCUT2D eigenvalue weighted by Gasteiger charge is -2.37. The maximum absolute atomic E-state index is 5.95. The van der Waals surface area contributed by atoms with Gasteiger partial charge in [-0.25, -0.2) is 0 Å². The molecule has 4 atom stereocenters. The molecule has 16 heavy (non-hydrogen) atoms. The standard InChI is InChI=1S/C13H27P3/c1-13(2,9-15)7-12(16-3)6-10-4-11(5-10)8-14/h3,10-12,16H,4-9,14-15H2,1-2H3. The van der Waals surface area contributed by atoms with Gasteiger partial charge in [0.05, 0.1) is 0 Å². The zero-order valence-electron chi connectivity index (χ0n) is 10.7. The molecule has 0 nitrogen and oxygen atoms in total. The van der Waals surface area contributed by atoms with Crippen molar-refractivity contribution >= 4 is 26.5 Å². The topological polar surface area (TPSA) is 0 Å². The van der Waals surface area contributed by atoms with Crippen molar-refractivity contribution in [3.8, 4) is 6.13 Å². The highest BCUT2D eigenvalue weighted by atomic mass is 31.0. The second-order valence-corrected chi connectivity index (χ2v) is 8.14. The van der Waals surface area contributed by atoms with Crippen LogP contribution in [-0.4, -0.2) is 18.0 Å². The van der Waals surface area contributed by atoms with Crippen molar-refractivity contribution in [2.75, 3.05) is 12.3 Å². The minimum atomic E-state index is 0.450. The molecular formula is C13H27P3. The van der Waals surface area contributed by atoms with Gasteiger partial charge >= 0.3 is 0 Å². The smallest absolute Gasteiger partial charge is 0.00185 e. The Morgan fingerprint density at radius 3 is 2.38 bits per heavy atom. The molecule has 3 heteroatoms. The lowest BCUT2D eigenvalue weighted by molar-refractivity contribution is 0.194. The Bertz CT molecular complexity index is 248. The molecule has 0 aromatic carbocycles. The van der Waals surface area contributed by atoms with Crippen LogP contribution in [0.3, 0.4) is 0 Å². The third-order valence-corrected chi connectivity index (χ3v) is 6.55. The highest BCUT2D eigenvalue weighted by Gasteiger charge is 2.30. The third-order valence-electron chi connectivity index (χ3n) is 3.87. The fraction of sp³-hybridized carbons (Fsp3) is 0.923. The largest absolute Gasteiger partial charge is 0.150 e. The van der Waals surface area contributed by atoms with Crippen molar-refractivity contribution in [1.82, 2.24) is 0 Å². The molecule has 0 bridgehead atoms. The average Bonchev–Trinajstić information content (AvgIpc) is 2.20. The molecule has 1 aliphatic carbocycles. The SMILES string of the molecule is C#[PH]C(CC1CC(CP)C1)CC(C)(C)CP. The van der Waals surface area contributed by atoms with Gasteiger partial charge in [0.1, 0.15) is 0 Å². The predicted octanol–water partition coefficient (Wildman–Crippen LogP) is 4.21. The minimum Gasteiger partial charge on any atom is -0.150 e. The molecule has 0 aliphatic heterocycles. The molecular weight excluding hydrogens is 249 g/mol. The Labute approximate surface area is 108 Å². The molecule has 1 rings (SSSR count). The Morgan fingerprint density at radius 2 is 1.94 bits per heavy atom. The van der Waals surface area contributed by atoms with E-state index in [2.05, 4.69) is 32.3 Å². The molecule has 0 spiro atoms. The zero-order valence-corrected chi connectivity index (χ0v) is 14.0. The van der Waals surface area contributed by atoms with Crippen molar-refractivity contribution in [3.05, 3.63) is 0 Å². The monoisotopic (exact) mass is 276 g/mol. The summed E-state index contributed by atoms with van der Waals surface area (Å²) in [7, 11) is 6.39. The fourth-order valence-electron chi connectivity index (χ4n) is 2.62. The average molecular weight is 276 g/mol. The highest BCUT2D eigenvalue weighted by Crippen LogP contribution is 2.41. The molecule has 0 radical (unpaired) electrons. The van der Waals surface area contributed by atoms with E-state index in [1.165, 1.54) is 38.0 Å². The van der Waals surface area contributed by atoms with Crippen LogP contribution in [0, 0.1) is 23.4 Å². The summed E-state index contributed by atoms with van der Waals surface area (Å²) in [5.41, 5.74) is 1.22. The van der Waals surface area contributed by atoms with Crippen molar-refractivity contribution in [2.24, 2.45) is 17.3 Å². The predicted molar refractivity (Wildman–Crippen MR) is 85.4 cm³/mol. The van der Waals surface area contributed by atoms with E-state index in [0.29, 0.717) is 13.5 Å². The summed E-state index contributed by atoms with van der Waals surface area (Å²) in [6.45, 7) is 4.72. The van der Waals surface area contributed by atoms with Gasteiger partial charge in [0, 0.05) is 0 Å². The van der Waals surface area contributed by atoms with Gasteiger partial charge in [-0.1, -0.05) is 13.8 Å². The van der Waals surface area contributed by atoms with E-state index in [4.69, 9.17) is 6.13 Å². The van der Waals surface area contributed by atoms with Gasteiger partial charge in [0.15, 0.2) is 0 Å². The number of hydrogen-bond donors (Lipinski definition) is 0. The molecule has 0 aromatic heterocycles. The van der Waals surface area contributed by atoms with Gasteiger partial charge in [-0.2, -0.15) is 6.13 Å². The van der Waals surface area contributed by atoms with Gasteiger partial charge in [-0.15, -0.1) is 26.5 Å². The van der Waals surface area contributed by atoms with Crippen LogP contribution >= 0.6 is 26.5 Å². The van der Waals surface area contributed by atoms with Crippen LogP contribution in [0.2, 0.25) is 0 Å². The van der Waals surface area contributed by atoms with Crippen LogP contribution in [0.25, 0.3) is 0 Å². The number of hydrogen-bond acceptors (Lipinski definition) is 0. The minimum absolute atomic E-state index is 0.450. The molecule has 94 valence electrons. The van der Waals surface area contributed by atoms with Crippen LogP contribution in [0.15, 0.2) is 0 Å². The summed E-state index contributed by atoms with van der Waals surface area (Å²) in [5.74, 6) is 1.97. The summed E-state index contributed by atoms with van der Waals surface area (Å²) < 4.78 is 0. The molecule has 1 saturated carbocycles. The molecule has 0 heterocycles. The molecule has 1 aliphatic rings. The summed E-state index contributed by atoms with van der Waals surface area (Å²) in [5, 5.41) is 0. The summed E-state index contributed by atoms with van der Waals surface area (Å²) in [4.78, 5) is 0. The van der Waals surface area contributed by atoms with Gasteiger partial charge in [-0.05, 0) is 60.9 Å². The van der Waals surface area contributed by atoms with Gasteiger partial charge in [-0.3, -0.25) is 0 Å². The van der Waals surface area contributed by atoms with Gasteiger partial charge < -0.3 is 0 Å². The third kappa shape index (κ3) is 4.67. The normalized spacial score (nSPS) is 27.7. The van der Waals surface area contributed by atoms with E-state index in [1.807, 2.05) is 0 Å². The van der Waals surface area contributed by atoms with Crippen LogP contribution in [-0.2, 0) is 0 Å². The van der Waals surface area contributed by atoms with Gasteiger partial charge in [0.2, 0.25) is 0 Å². The fourth-order valence-corrected chi connectivity index (χ4v) is 4.31. The first-order valence-electron chi connectivity index (χ1n) is 6.37. The second-order valence-electron chi connectivity index (χ2n) is 6.11. The van der Waals surface area contributed by atoms with Crippen molar-refractivity contribution < 1.29 is 0 Å². The van der Waals surface area contributed by atoms with E-state index < -0.39 is 0 Å². The van der Waals surface area contributed by atoms with E-state index in [1.54, 1.807) is 0 Å². The van der Waals surface area contributed by atoms with E-state index in [0.717, 1.165) is 17.5 Å². The Kier molecular flexibility index (Phi) is 6.34. The van der Waals surface area contributed by atoms with Gasteiger partial charge in [0.25, 0.3) is 0 Å². The van der Waals surface area contributed by atoms with Crippen LogP contribution in [0.1, 0.15) is 39.5 Å². The van der Waals surface area contributed by atoms with E-state index in [9.17, 15) is 0 Å². The summed E-state index contributed by atoms with van der Waals surface area (Å²) in [6, 6.07) is 0. The van der Waals surface area contributed by atoms with Crippen LogP contribution < -0.4 is 0 Å². The molecule has 0 saturated heterocycles. The summed E-state index contributed by atoms with van der Waals surface area (Å²) in [6.07, 6.45) is 14.0. The quantitative estimate of drug-likeness (QED) is 0.638. The molecule has 0 aromatic rings. The first-order chi connectivity index (χ1) is 7.50. The first-order valence-corrected chi connectivity index (χ1v) is 9.15. The van der Waals surface area contributed by atoms with Crippen LogP contribution in [0.5, 0.6) is 0 Å². The zero-order chi connectivity index (χ0) is 12.2. The van der Waals surface area contributed by atoms with Crippen molar-refractivity contribution in [3.63, 3.8) is 0 Å². The summed E-state index contributed by atoms with van der Waals surface area (Å²) >= 11 is 0. The van der Waals surface area contributed by atoms with Crippen molar-refractivity contribution in [1.29, 1.82) is 0 Å². The molecule has 0 N–H and O–H groups in total. The second kappa shape index (κ2) is 6.76. The lowest BCUT2D eigenvalue weighted by Crippen LogP contribution is -2.28. The molecule has 4 unspecified atom stereocenters. The van der Waals surface area contributed by atoms with E-state index in [-0.39, 0.29) is 0 Å². The first kappa shape index (κ1) is 15.0. The number of rotatable bonds is 6.